The number of hydrogen-bond donors (Lipinski definition) is 0. The Bertz CT molecular complexity index is 721. The first-order valence-electron chi connectivity index (χ1n) is 9.42. The summed E-state index contributed by atoms with van der Waals surface area (Å²) in [6.45, 7) is 15.7. The second-order valence-electron chi connectivity index (χ2n) is 8.70. The summed E-state index contributed by atoms with van der Waals surface area (Å²) in [5.74, 6) is 0. The van der Waals surface area contributed by atoms with E-state index in [1.54, 1.807) is 7.11 Å². The molecule has 1 unspecified atom stereocenters. The molecule has 0 aromatic heterocycles. The molecule has 0 amide bonds. The molecular formula is C24H34O2. The summed E-state index contributed by atoms with van der Waals surface area (Å²) in [5, 5.41) is 0. The van der Waals surface area contributed by atoms with E-state index in [9.17, 15) is 0 Å². The van der Waals surface area contributed by atoms with Crippen molar-refractivity contribution in [1.82, 2.24) is 0 Å². The third kappa shape index (κ3) is 4.96. The Morgan fingerprint density at radius 2 is 1.54 bits per heavy atom. The molecule has 0 aliphatic rings. The molecule has 0 aliphatic carbocycles. The van der Waals surface area contributed by atoms with Gasteiger partial charge in [0.25, 0.3) is 0 Å². The number of ether oxygens (including phenoxy) is 2. The van der Waals surface area contributed by atoms with Crippen LogP contribution in [0.3, 0.4) is 0 Å². The summed E-state index contributed by atoms with van der Waals surface area (Å²) >= 11 is 0. The van der Waals surface area contributed by atoms with Crippen molar-refractivity contribution in [2.45, 2.75) is 72.2 Å². The molecule has 2 aromatic carbocycles. The Balaban J connectivity index is 2.27. The molecule has 26 heavy (non-hydrogen) atoms. The molecule has 2 nitrogen and oxygen atoms in total. The molecule has 142 valence electrons. The van der Waals surface area contributed by atoms with Crippen LogP contribution < -0.4 is 0 Å². The second-order valence-corrected chi connectivity index (χ2v) is 8.70. The fraction of sp³-hybridized carbons (Fsp3) is 0.500. The molecule has 0 spiro atoms. The van der Waals surface area contributed by atoms with E-state index in [1.807, 2.05) is 0 Å². The molecule has 0 fully saturated rings. The van der Waals surface area contributed by atoms with Crippen molar-refractivity contribution in [1.29, 1.82) is 0 Å². The highest BCUT2D eigenvalue weighted by Gasteiger charge is 2.24. The van der Waals surface area contributed by atoms with Gasteiger partial charge < -0.3 is 9.47 Å². The van der Waals surface area contributed by atoms with Crippen LogP contribution in [0, 0.1) is 6.92 Å². The summed E-state index contributed by atoms with van der Waals surface area (Å²) in [4.78, 5) is 0. The van der Waals surface area contributed by atoms with Crippen molar-refractivity contribution in [3.8, 4) is 0 Å². The van der Waals surface area contributed by atoms with Crippen LogP contribution in [0.25, 0.3) is 0 Å². The minimum absolute atomic E-state index is 0.0579. The van der Waals surface area contributed by atoms with Crippen LogP contribution in [-0.4, -0.2) is 7.11 Å². The molecular weight excluding hydrogens is 320 g/mol. The molecule has 2 rings (SSSR count). The Kier molecular flexibility index (Phi) is 6.31. The first-order valence-corrected chi connectivity index (χ1v) is 9.42. The summed E-state index contributed by atoms with van der Waals surface area (Å²) in [5.41, 5.74) is 5.97. The van der Waals surface area contributed by atoms with Crippen molar-refractivity contribution < 1.29 is 9.47 Å². The summed E-state index contributed by atoms with van der Waals surface area (Å²) < 4.78 is 11.9. The Morgan fingerprint density at radius 1 is 0.923 bits per heavy atom. The minimum atomic E-state index is -0.312. The Labute approximate surface area is 159 Å². The van der Waals surface area contributed by atoms with Gasteiger partial charge in [-0.05, 0) is 55.4 Å². The lowest BCUT2D eigenvalue weighted by atomic mass is 9.82. The third-order valence-corrected chi connectivity index (χ3v) is 5.15. The summed E-state index contributed by atoms with van der Waals surface area (Å²) in [6.07, 6.45) is 0.0579. The highest BCUT2D eigenvalue weighted by atomic mass is 16.5. The van der Waals surface area contributed by atoms with Crippen molar-refractivity contribution in [3.63, 3.8) is 0 Å². The summed E-state index contributed by atoms with van der Waals surface area (Å²) in [7, 11) is 1.76. The molecule has 0 saturated heterocycles. The molecule has 2 aromatic rings. The lowest BCUT2D eigenvalue weighted by Gasteiger charge is -2.28. The van der Waals surface area contributed by atoms with Crippen molar-refractivity contribution >= 4 is 0 Å². The lowest BCUT2D eigenvalue weighted by Crippen LogP contribution is -2.22. The smallest absolute Gasteiger partial charge is 0.0871 e. The predicted octanol–water partition coefficient (Wildman–Crippen LogP) is 6.45. The molecule has 0 saturated carbocycles. The fourth-order valence-electron chi connectivity index (χ4n) is 3.09. The van der Waals surface area contributed by atoms with Gasteiger partial charge in [0.2, 0.25) is 0 Å². The Morgan fingerprint density at radius 3 is 2.08 bits per heavy atom. The van der Waals surface area contributed by atoms with Gasteiger partial charge in [0.05, 0.1) is 18.3 Å². The van der Waals surface area contributed by atoms with Gasteiger partial charge in [-0.25, -0.2) is 0 Å². The molecule has 0 radical (unpaired) electrons. The maximum Gasteiger partial charge on any atom is 0.0871 e. The SMILES string of the molecule is COC(C)(C)c1ccc(C(C)(C)C)c(COC(C)c2ccc(C)cc2)c1. The van der Waals surface area contributed by atoms with E-state index in [0.29, 0.717) is 6.61 Å². The van der Waals surface area contributed by atoms with E-state index >= 15 is 0 Å². The molecule has 0 aliphatic heterocycles. The highest BCUT2D eigenvalue weighted by molar-refractivity contribution is 5.38. The predicted molar refractivity (Wildman–Crippen MR) is 110 cm³/mol. The van der Waals surface area contributed by atoms with Crippen LogP contribution in [0.5, 0.6) is 0 Å². The van der Waals surface area contributed by atoms with Crippen LogP contribution in [0.2, 0.25) is 0 Å². The van der Waals surface area contributed by atoms with Gasteiger partial charge >= 0.3 is 0 Å². The summed E-state index contributed by atoms with van der Waals surface area (Å²) in [6, 6.07) is 15.2. The van der Waals surface area contributed by atoms with Crippen LogP contribution in [-0.2, 0) is 27.1 Å². The molecule has 2 heteroatoms. The van der Waals surface area contributed by atoms with Gasteiger partial charge in [-0.2, -0.15) is 0 Å². The first kappa shape index (κ1) is 20.7. The maximum atomic E-state index is 6.25. The Hall–Kier alpha value is -1.64. The van der Waals surface area contributed by atoms with E-state index in [0.717, 1.165) is 0 Å². The van der Waals surface area contributed by atoms with E-state index < -0.39 is 0 Å². The number of methoxy groups -OCH3 is 1. The third-order valence-electron chi connectivity index (χ3n) is 5.15. The van der Waals surface area contributed by atoms with Crippen LogP contribution >= 0.6 is 0 Å². The average molecular weight is 355 g/mol. The standard InChI is InChI=1S/C24H34O2/c1-17-9-11-19(12-10-17)18(2)26-16-20-15-21(24(6,7)25-8)13-14-22(20)23(3,4)5/h9-15,18H,16H2,1-8H3. The van der Waals surface area contributed by atoms with Gasteiger partial charge in [-0.15, -0.1) is 0 Å². The number of rotatable bonds is 6. The quantitative estimate of drug-likeness (QED) is 0.593. The van der Waals surface area contributed by atoms with E-state index in [2.05, 4.69) is 90.9 Å². The fourth-order valence-corrected chi connectivity index (χ4v) is 3.09. The van der Waals surface area contributed by atoms with Gasteiger partial charge in [0.1, 0.15) is 0 Å². The topological polar surface area (TPSA) is 18.5 Å². The van der Waals surface area contributed by atoms with Gasteiger partial charge in [-0.3, -0.25) is 0 Å². The minimum Gasteiger partial charge on any atom is -0.374 e. The van der Waals surface area contributed by atoms with E-state index in [4.69, 9.17) is 9.47 Å². The molecule has 0 bridgehead atoms. The molecule has 0 N–H and O–H groups in total. The van der Waals surface area contributed by atoms with Crippen molar-refractivity contribution in [2.24, 2.45) is 0 Å². The van der Waals surface area contributed by atoms with E-state index in [-0.39, 0.29) is 17.1 Å². The average Bonchev–Trinajstić information content (AvgIpc) is 2.59. The van der Waals surface area contributed by atoms with Gasteiger partial charge in [0, 0.05) is 7.11 Å². The maximum absolute atomic E-state index is 6.25. The number of hydrogen-bond acceptors (Lipinski definition) is 2. The zero-order valence-corrected chi connectivity index (χ0v) is 17.6. The number of aryl methyl sites for hydroxylation is 1. The van der Waals surface area contributed by atoms with Crippen LogP contribution in [0.4, 0.5) is 0 Å². The normalized spacial score (nSPS) is 13.7. The van der Waals surface area contributed by atoms with Crippen LogP contribution in [0.15, 0.2) is 42.5 Å². The first-order chi connectivity index (χ1) is 12.0. The number of benzene rings is 2. The monoisotopic (exact) mass is 354 g/mol. The second kappa shape index (κ2) is 7.94. The van der Waals surface area contributed by atoms with Crippen molar-refractivity contribution in [2.75, 3.05) is 7.11 Å². The van der Waals surface area contributed by atoms with E-state index in [1.165, 1.54) is 27.8 Å². The molecule has 0 heterocycles. The highest BCUT2D eigenvalue weighted by Crippen LogP contribution is 2.32. The largest absolute Gasteiger partial charge is 0.374 e. The van der Waals surface area contributed by atoms with Crippen molar-refractivity contribution in [3.05, 3.63) is 70.3 Å². The van der Waals surface area contributed by atoms with Crippen LogP contribution in [0.1, 0.15) is 75.5 Å². The van der Waals surface area contributed by atoms with Gasteiger partial charge in [-0.1, -0.05) is 68.8 Å². The van der Waals surface area contributed by atoms with Gasteiger partial charge in [0.15, 0.2) is 0 Å². The zero-order chi connectivity index (χ0) is 19.5. The molecule has 1 atom stereocenters. The zero-order valence-electron chi connectivity index (χ0n) is 17.6. The lowest BCUT2D eigenvalue weighted by molar-refractivity contribution is 0.0186.